The van der Waals surface area contributed by atoms with Crippen LogP contribution >= 0.6 is 0 Å². The lowest BCUT2D eigenvalue weighted by Gasteiger charge is -2.09. The average molecular weight is 234 g/mol. The number of hydrogen-bond acceptors (Lipinski definition) is 3. The van der Waals surface area contributed by atoms with E-state index in [0.717, 1.165) is 12.1 Å². The van der Waals surface area contributed by atoms with E-state index in [1.165, 1.54) is 6.92 Å². The van der Waals surface area contributed by atoms with Crippen LogP contribution in [0.25, 0.3) is 0 Å². The number of aromatic nitrogens is 1. The van der Waals surface area contributed by atoms with E-state index in [-0.39, 0.29) is 18.0 Å². The van der Waals surface area contributed by atoms with Crippen LogP contribution in [0.2, 0.25) is 0 Å². The van der Waals surface area contributed by atoms with E-state index in [1.54, 1.807) is 0 Å². The predicted molar refractivity (Wildman–Crippen MR) is 48.3 cm³/mol. The Balaban J connectivity index is 2.94. The maximum atomic E-state index is 12.4. The molecule has 1 aromatic heterocycles. The van der Waals surface area contributed by atoms with Crippen LogP contribution in [0.1, 0.15) is 17.0 Å². The maximum absolute atomic E-state index is 12.4. The molecule has 4 nitrogen and oxygen atoms in total. The molecule has 2 N–H and O–H groups in total. The van der Waals surface area contributed by atoms with Crippen molar-refractivity contribution in [2.45, 2.75) is 19.7 Å². The number of aryl methyl sites for hydroxylation is 1. The molecule has 0 bridgehead atoms. The number of hydrogen-bond donors (Lipinski definition) is 1. The lowest BCUT2D eigenvalue weighted by molar-refractivity contribution is -0.137. The van der Waals surface area contributed by atoms with Crippen LogP contribution in [0.4, 0.5) is 18.0 Å². The number of pyridine rings is 1. The number of carbonyl (C=O) groups is 1. The molecule has 0 spiro atoms. The minimum absolute atomic E-state index is 0.00567. The fourth-order valence-electron chi connectivity index (χ4n) is 1.12. The minimum Gasteiger partial charge on any atom is -0.443 e. The first-order chi connectivity index (χ1) is 7.29. The summed E-state index contributed by atoms with van der Waals surface area (Å²) >= 11 is 0. The van der Waals surface area contributed by atoms with Crippen LogP contribution in [0.3, 0.4) is 0 Å². The average Bonchev–Trinajstić information content (AvgIpc) is 2.12. The molecule has 0 aromatic carbocycles. The number of nitrogens with zero attached hydrogens (tertiary/aromatic N) is 1. The summed E-state index contributed by atoms with van der Waals surface area (Å²) < 4.78 is 41.5. The Bertz CT molecular complexity index is 404. The van der Waals surface area contributed by atoms with Crippen molar-refractivity contribution in [2.24, 2.45) is 5.73 Å². The van der Waals surface area contributed by atoms with Gasteiger partial charge in [-0.1, -0.05) is 0 Å². The molecular formula is C9H9F3N2O2. The Hall–Kier alpha value is -1.79. The fraction of sp³-hybridized carbons (Fsp3) is 0.333. The van der Waals surface area contributed by atoms with E-state index in [4.69, 9.17) is 5.73 Å². The van der Waals surface area contributed by atoms with E-state index < -0.39 is 17.8 Å². The Morgan fingerprint density at radius 3 is 2.62 bits per heavy atom. The highest BCUT2D eigenvalue weighted by molar-refractivity contribution is 5.64. The molecular weight excluding hydrogens is 225 g/mol. The van der Waals surface area contributed by atoms with Gasteiger partial charge in [-0.25, -0.2) is 4.79 Å². The molecule has 0 saturated heterocycles. The molecule has 7 heteroatoms. The Labute approximate surface area is 89.2 Å². The van der Waals surface area contributed by atoms with Crippen LogP contribution in [0, 0.1) is 6.92 Å². The molecule has 88 valence electrons. The van der Waals surface area contributed by atoms with Gasteiger partial charge in [0.2, 0.25) is 0 Å². The molecule has 0 fully saturated rings. The largest absolute Gasteiger partial charge is 0.443 e. The molecule has 0 atom stereocenters. The van der Waals surface area contributed by atoms with E-state index >= 15 is 0 Å². The molecule has 0 aliphatic carbocycles. The summed E-state index contributed by atoms with van der Waals surface area (Å²) in [6, 6.07) is 1.73. The minimum atomic E-state index is -4.45. The number of amides is 1. The maximum Gasteiger partial charge on any atom is 0.416 e. The second-order valence-corrected chi connectivity index (χ2v) is 3.09. The van der Waals surface area contributed by atoms with Gasteiger partial charge in [0.1, 0.15) is 6.61 Å². The number of ether oxygens (including phenoxy) is 1. The Morgan fingerprint density at radius 1 is 1.50 bits per heavy atom. The predicted octanol–water partition coefficient (Wildman–Crippen LogP) is 2.00. The van der Waals surface area contributed by atoms with Crippen molar-refractivity contribution in [3.8, 4) is 0 Å². The lowest BCUT2D eigenvalue weighted by Crippen LogP contribution is -2.14. The summed E-state index contributed by atoms with van der Waals surface area (Å²) in [5.74, 6) is 0. The number of halogens is 3. The molecule has 16 heavy (non-hydrogen) atoms. The zero-order valence-electron chi connectivity index (χ0n) is 8.34. The molecule has 0 saturated carbocycles. The van der Waals surface area contributed by atoms with E-state index in [1.807, 2.05) is 0 Å². The SMILES string of the molecule is Cc1cc(C(F)(F)F)cc(COC(N)=O)n1. The standard InChI is InChI=1S/C9H9F3N2O2/c1-5-2-6(9(10,11)12)3-7(14-5)4-16-8(13)15/h2-3H,4H2,1H3,(H2,13,15). The summed E-state index contributed by atoms with van der Waals surface area (Å²) in [4.78, 5) is 14.1. The zero-order chi connectivity index (χ0) is 12.3. The van der Waals surface area contributed by atoms with Gasteiger partial charge in [0.25, 0.3) is 0 Å². The van der Waals surface area contributed by atoms with Crippen LogP contribution in [-0.2, 0) is 17.5 Å². The third kappa shape index (κ3) is 3.41. The third-order valence-corrected chi connectivity index (χ3v) is 1.70. The van der Waals surface area contributed by atoms with Gasteiger partial charge in [-0.15, -0.1) is 0 Å². The lowest BCUT2D eigenvalue weighted by atomic mass is 10.2. The number of alkyl halides is 3. The van der Waals surface area contributed by atoms with Gasteiger partial charge in [-0.3, -0.25) is 4.98 Å². The first kappa shape index (κ1) is 12.3. The van der Waals surface area contributed by atoms with Crippen LogP contribution < -0.4 is 5.73 Å². The van der Waals surface area contributed by atoms with Gasteiger partial charge in [0.15, 0.2) is 0 Å². The van der Waals surface area contributed by atoms with Crippen LogP contribution in [0.5, 0.6) is 0 Å². The highest BCUT2D eigenvalue weighted by Gasteiger charge is 2.31. The molecule has 0 unspecified atom stereocenters. The van der Waals surface area contributed by atoms with Gasteiger partial charge in [0.05, 0.1) is 11.3 Å². The van der Waals surface area contributed by atoms with E-state index in [9.17, 15) is 18.0 Å². The summed E-state index contributed by atoms with van der Waals surface area (Å²) in [6.07, 6.45) is -5.51. The molecule has 1 aromatic rings. The first-order valence-electron chi connectivity index (χ1n) is 4.26. The third-order valence-electron chi connectivity index (χ3n) is 1.70. The second kappa shape index (κ2) is 4.38. The number of rotatable bonds is 2. The van der Waals surface area contributed by atoms with Gasteiger partial charge in [0, 0.05) is 5.69 Å². The normalized spacial score (nSPS) is 11.2. The van der Waals surface area contributed by atoms with E-state index in [2.05, 4.69) is 9.72 Å². The fourth-order valence-corrected chi connectivity index (χ4v) is 1.12. The highest BCUT2D eigenvalue weighted by Crippen LogP contribution is 2.29. The van der Waals surface area contributed by atoms with Crippen molar-refractivity contribution in [3.63, 3.8) is 0 Å². The van der Waals surface area contributed by atoms with Crippen molar-refractivity contribution in [1.29, 1.82) is 0 Å². The summed E-state index contributed by atoms with van der Waals surface area (Å²) in [6.45, 7) is 1.04. The summed E-state index contributed by atoms with van der Waals surface area (Å²) in [7, 11) is 0. The molecule has 0 aliphatic rings. The van der Waals surface area contributed by atoms with Gasteiger partial charge >= 0.3 is 12.3 Å². The first-order valence-corrected chi connectivity index (χ1v) is 4.26. The van der Waals surface area contributed by atoms with Crippen LogP contribution in [0.15, 0.2) is 12.1 Å². The molecule has 1 amide bonds. The number of nitrogens with two attached hydrogens (primary N) is 1. The molecule has 1 heterocycles. The quantitative estimate of drug-likeness (QED) is 0.851. The summed E-state index contributed by atoms with van der Waals surface area (Å²) in [5, 5.41) is 0. The molecule has 1 rings (SSSR count). The topological polar surface area (TPSA) is 65.2 Å². The van der Waals surface area contributed by atoms with E-state index in [0.29, 0.717) is 0 Å². The number of primary amides is 1. The van der Waals surface area contributed by atoms with Crippen molar-refractivity contribution >= 4 is 6.09 Å². The Morgan fingerprint density at radius 2 is 2.12 bits per heavy atom. The number of carbonyl (C=O) groups excluding carboxylic acids is 1. The molecule has 0 aliphatic heterocycles. The molecule has 0 radical (unpaired) electrons. The van der Waals surface area contributed by atoms with Crippen molar-refractivity contribution in [3.05, 3.63) is 29.1 Å². The van der Waals surface area contributed by atoms with Gasteiger partial charge < -0.3 is 10.5 Å². The van der Waals surface area contributed by atoms with Crippen molar-refractivity contribution in [1.82, 2.24) is 4.98 Å². The summed E-state index contributed by atoms with van der Waals surface area (Å²) in [5.41, 5.74) is 4.06. The van der Waals surface area contributed by atoms with Crippen molar-refractivity contribution in [2.75, 3.05) is 0 Å². The van der Waals surface area contributed by atoms with Crippen LogP contribution in [-0.4, -0.2) is 11.1 Å². The monoisotopic (exact) mass is 234 g/mol. The van der Waals surface area contributed by atoms with Crippen molar-refractivity contribution < 1.29 is 22.7 Å². The highest BCUT2D eigenvalue weighted by atomic mass is 19.4. The van der Waals surface area contributed by atoms with Gasteiger partial charge in [-0.05, 0) is 19.1 Å². The zero-order valence-corrected chi connectivity index (χ0v) is 8.34. The Kier molecular flexibility index (Phi) is 3.36. The smallest absolute Gasteiger partial charge is 0.416 e. The van der Waals surface area contributed by atoms with Gasteiger partial charge in [-0.2, -0.15) is 13.2 Å². The second-order valence-electron chi connectivity index (χ2n) is 3.09.